The molecule has 0 aromatic heterocycles. The van der Waals surface area contributed by atoms with Gasteiger partial charge in [0.1, 0.15) is 0 Å². The van der Waals surface area contributed by atoms with Crippen LogP contribution < -0.4 is 16.2 Å². The maximum absolute atomic E-state index is 12.0. The highest BCUT2D eigenvalue weighted by molar-refractivity contribution is 7.80. The van der Waals surface area contributed by atoms with E-state index in [2.05, 4.69) is 16.2 Å². The van der Waals surface area contributed by atoms with Gasteiger partial charge in [-0.1, -0.05) is 42.5 Å². The Kier molecular flexibility index (Phi) is 6.62. The number of amides is 2. The second kappa shape index (κ2) is 8.47. The summed E-state index contributed by atoms with van der Waals surface area (Å²) in [5, 5.41) is 3.18. The topological polar surface area (TPSA) is 70.2 Å². The number of hydrazine groups is 1. The lowest BCUT2D eigenvalue weighted by Crippen LogP contribution is -2.50. The fourth-order valence-electron chi connectivity index (χ4n) is 2.48. The van der Waals surface area contributed by atoms with Gasteiger partial charge in [0, 0.05) is 21.5 Å². The Labute approximate surface area is 150 Å². The monoisotopic (exact) mass is 373 g/mol. The number of benzene rings is 1. The van der Waals surface area contributed by atoms with E-state index in [1.807, 2.05) is 0 Å². The molecular formula is C15H17Cl2N3O2S. The largest absolute Gasteiger partial charge is 0.298 e. The van der Waals surface area contributed by atoms with Crippen molar-refractivity contribution in [2.24, 2.45) is 5.92 Å². The van der Waals surface area contributed by atoms with Gasteiger partial charge in [0.25, 0.3) is 5.91 Å². The zero-order chi connectivity index (χ0) is 16.8. The van der Waals surface area contributed by atoms with Crippen molar-refractivity contribution in [3.8, 4) is 0 Å². The van der Waals surface area contributed by atoms with Crippen molar-refractivity contribution < 1.29 is 9.59 Å². The molecule has 0 unspecified atom stereocenters. The van der Waals surface area contributed by atoms with E-state index >= 15 is 0 Å². The van der Waals surface area contributed by atoms with Gasteiger partial charge in [-0.15, -0.1) is 0 Å². The maximum atomic E-state index is 12.0. The second-order valence-electron chi connectivity index (χ2n) is 5.39. The SMILES string of the molecule is O=C(NC(=S)NNC(=O)C1CCCCC1)c1cc(Cl)cc(Cl)c1. The predicted molar refractivity (Wildman–Crippen MR) is 94.4 cm³/mol. The third-order valence-electron chi connectivity index (χ3n) is 3.63. The Bertz CT molecular complexity index is 598. The highest BCUT2D eigenvalue weighted by atomic mass is 35.5. The van der Waals surface area contributed by atoms with E-state index in [0.29, 0.717) is 10.0 Å². The summed E-state index contributed by atoms with van der Waals surface area (Å²) in [7, 11) is 0. The summed E-state index contributed by atoms with van der Waals surface area (Å²) in [5.74, 6) is -0.563. The fourth-order valence-corrected chi connectivity index (χ4v) is 3.15. The molecule has 2 rings (SSSR count). The van der Waals surface area contributed by atoms with E-state index < -0.39 is 5.91 Å². The molecule has 1 aliphatic carbocycles. The molecule has 1 fully saturated rings. The molecule has 1 aromatic rings. The first kappa shape index (κ1) is 18.0. The van der Waals surface area contributed by atoms with Crippen LogP contribution >= 0.6 is 35.4 Å². The van der Waals surface area contributed by atoms with E-state index in [4.69, 9.17) is 35.4 Å². The zero-order valence-corrected chi connectivity index (χ0v) is 14.7. The van der Waals surface area contributed by atoms with Gasteiger partial charge < -0.3 is 0 Å². The molecule has 1 aliphatic rings. The highest BCUT2D eigenvalue weighted by Gasteiger charge is 2.21. The summed E-state index contributed by atoms with van der Waals surface area (Å²) in [6.45, 7) is 0. The Morgan fingerprint density at radius 2 is 1.61 bits per heavy atom. The smallest absolute Gasteiger partial charge is 0.257 e. The molecule has 0 bridgehead atoms. The predicted octanol–water partition coefficient (Wildman–Crippen LogP) is 3.21. The molecule has 0 radical (unpaired) electrons. The minimum Gasteiger partial charge on any atom is -0.298 e. The summed E-state index contributed by atoms with van der Waals surface area (Å²) in [6, 6.07) is 4.48. The lowest BCUT2D eigenvalue weighted by molar-refractivity contribution is -0.126. The Morgan fingerprint density at radius 3 is 2.22 bits per heavy atom. The van der Waals surface area contributed by atoms with Gasteiger partial charge in [-0.3, -0.25) is 25.8 Å². The van der Waals surface area contributed by atoms with Crippen molar-refractivity contribution >= 4 is 52.3 Å². The van der Waals surface area contributed by atoms with E-state index in [1.165, 1.54) is 24.6 Å². The van der Waals surface area contributed by atoms with Crippen LogP contribution in [0.25, 0.3) is 0 Å². The molecule has 1 saturated carbocycles. The van der Waals surface area contributed by atoms with Crippen molar-refractivity contribution in [3.05, 3.63) is 33.8 Å². The number of thiocarbonyl (C=S) groups is 1. The first-order chi connectivity index (χ1) is 11.0. The van der Waals surface area contributed by atoms with Gasteiger partial charge in [0.05, 0.1) is 0 Å². The molecule has 3 N–H and O–H groups in total. The summed E-state index contributed by atoms with van der Waals surface area (Å²) < 4.78 is 0. The van der Waals surface area contributed by atoms with Crippen LogP contribution in [0.15, 0.2) is 18.2 Å². The number of carbonyl (C=O) groups is 2. The normalized spacial score (nSPS) is 14.9. The molecule has 0 saturated heterocycles. The summed E-state index contributed by atoms with van der Waals surface area (Å²) >= 11 is 16.7. The first-order valence-electron chi connectivity index (χ1n) is 7.33. The average Bonchev–Trinajstić information content (AvgIpc) is 2.52. The van der Waals surface area contributed by atoms with Gasteiger partial charge in [-0.2, -0.15) is 0 Å². The van der Waals surface area contributed by atoms with Crippen LogP contribution in [0.5, 0.6) is 0 Å². The van der Waals surface area contributed by atoms with Crippen molar-refractivity contribution in [3.63, 3.8) is 0 Å². The van der Waals surface area contributed by atoms with Gasteiger partial charge in [0.2, 0.25) is 5.91 Å². The molecule has 0 aliphatic heterocycles. The minimum atomic E-state index is -0.459. The zero-order valence-electron chi connectivity index (χ0n) is 12.3. The summed E-state index contributed by atoms with van der Waals surface area (Å²) in [5.41, 5.74) is 5.36. The molecule has 23 heavy (non-hydrogen) atoms. The van der Waals surface area contributed by atoms with E-state index in [1.54, 1.807) is 0 Å². The standard InChI is InChI=1S/C15H17Cl2N3O2S/c16-11-6-10(7-12(17)8-11)13(21)18-15(23)20-19-14(22)9-4-2-1-3-5-9/h6-9H,1-5H2,(H,19,22)(H2,18,20,21,23). The van der Waals surface area contributed by atoms with Crippen LogP contribution in [0.2, 0.25) is 10.0 Å². The third-order valence-corrected chi connectivity index (χ3v) is 4.27. The quantitative estimate of drug-likeness (QED) is 0.549. The van der Waals surface area contributed by atoms with Crippen LogP contribution in [0.3, 0.4) is 0 Å². The number of hydrogen-bond donors (Lipinski definition) is 3. The molecule has 0 atom stereocenters. The minimum absolute atomic E-state index is 0.00138. The highest BCUT2D eigenvalue weighted by Crippen LogP contribution is 2.23. The van der Waals surface area contributed by atoms with Gasteiger partial charge >= 0.3 is 0 Å². The van der Waals surface area contributed by atoms with Crippen molar-refractivity contribution in [2.45, 2.75) is 32.1 Å². The van der Waals surface area contributed by atoms with Crippen molar-refractivity contribution in [1.29, 1.82) is 0 Å². The molecule has 124 valence electrons. The lowest BCUT2D eigenvalue weighted by atomic mass is 9.89. The van der Waals surface area contributed by atoms with Crippen LogP contribution in [-0.4, -0.2) is 16.9 Å². The summed E-state index contributed by atoms with van der Waals surface area (Å²) in [6.07, 6.45) is 5.07. The molecule has 0 spiro atoms. The maximum Gasteiger partial charge on any atom is 0.257 e. The molecule has 0 heterocycles. The van der Waals surface area contributed by atoms with Crippen molar-refractivity contribution in [2.75, 3.05) is 0 Å². The van der Waals surface area contributed by atoms with Gasteiger partial charge in [-0.05, 0) is 43.3 Å². The number of nitrogens with one attached hydrogen (secondary N) is 3. The molecule has 1 aromatic carbocycles. The van der Waals surface area contributed by atoms with E-state index in [-0.39, 0.29) is 22.5 Å². The Hall–Kier alpha value is -1.37. The van der Waals surface area contributed by atoms with Crippen LogP contribution in [-0.2, 0) is 4.79 Å². The Balaban J connectivity index is 1.82. The summed E-state index contributed by atoms with van der Waals surface area (Å²) in [4.78, 5) is 24.0. The number of hydrogen-bond acceptors (Lipinski definition) is 3. The average molecular weight is 374 g/mol. The molecule has 8 heteroatoms. The van der Waals surface area contributed by atoms with Gasteiger partial charge in [0.15, 0.2) is 5.11 Å². The first-order valence-corrected chi connectivity index (χ1v) is 8.49. The van der Waals surface area contributed by atoms with E-state index in [9.17, 15) is 9.59 Å². The van der Waals surface area contributed by atoms with Crippen LogP contribution in [0.1, 0.15) is 42.5 Å². The van der Waals surface area contributed by atoms with Crippen molar-refractivity contribution in [1.82, 2.24) is 16.2 Å². The Morgan fingerprint density at radius 1 is 1.00 bits per heavy atom. The number of carbonyl (C=O) groups excluding carboxylic acids is 2. The fraction of sp³-hybridized carbons (Fsp3) is 0.400. The van der Waals surface area contributed by atoms with Gasteiger partial charge in [-0.25, -0.2) is 0 Å². The molecular weight excluding hydrogens is 357 g/mol. The van der Waals surface area contributed by atoms with Crippen LogP contribution in [0.4, 0.5) is 0 Å². The second-order valence-corrected chi connectivity index (χ2v) is 6.67. The number of halogens is 2. The lowest BCUT2D eigenvalue weighted by Gasteiger charge is -2.21. The third kappa shape index (κ3) is 5.64. The molecule has 5 nitrogen and oxygen atoms in total. The number of rotatable bonds is 2. The molecule has 2 amide bonds. The van der Waals surface area contributed by atoms with Crippen LogP contribution in [0, 0.1) is 5.92 Å². The van der Waals surface area contributed by atoms with E-state index in [0.717, 1.165) is 25.7 Å².